The van der Waals surface area contributed by atoms with E-state index in [9.17, 15) is 9.13 Å². The number of allylic oxidation sites excluding steroid dienone is 1. The summed E-state index contributed by atoms with van der Waals surface area (Å²) in [7, 11) is -7.23. The Morgan fingerprint density at radius 1 is 0.625 bits per heavy atom. The first-order valence-corrected chi connectivity index (χ1v) is 22.1. The zero-order valence-electron chi connectivity index (χ0n) is 32.2. The number of hydrogen-bond acceptors (Lipinski definition) is 8. The lowest BCUT2D eigenvalue weighted by molar-refractivity contribution is -0.228. The molecular formula is C38H68O8P2. The fraction of sp³-hybridized carbons (Fsp3) is 0.947. The largest absolute Gasteiger partial charge is 0.475 e. The second kappa shape index (κ2) is 13.7. The Bertz CT molecular complexity index is 1280. The van der Waals surface area contributed by atoms with Gasteiger partial charge in [0.2, 0.25) is 0 Å². The van der Waals surface area contributed by atoms with Crippen molar-refractivity contribution in [2.24, 2.45) is 50.2 Å². The van der Waals surface area contributed by atoms with Crippen LogP contribution in [-0.4, -0.2) is 39.1 Å². The van der Waals surface area contributed by atoms with Crippen LogP contribution in [0.1, 0.15) is 140 Å². The van der Waals surface area contributed by atoms with E-state index in [0.29, 0.717) is 50.8 Å². The normalized spacial score (nSPS) is 40.6. The van der Waals surface area contributed by atoms with Crippen molar-refractivity contribution in [1.82, 2.24) is 0 Å². The van der Waals surface area contributed by atoms with E-state index < -0.39 is 15.6 Å². The summed E-state index contributed by atoms with van der Waals surface area (Å²) >= 11 is 0. The molecule has 0 spiro atoms. The molecule has 0 bridgehead atoms. The quantitative estimate of drug-likeness (QED) is 0.138. The van der Waals surface area contributed by atoms with Gasteiger partial charge in [-0.05, 0) is 137 Å². The minimum atomic E-state index is -3.62. The first-order chi connectivity index (χ1) is 22.3. The lowest BCUT2D eigenvalue weighted by Gasteiger charge is -2.72. The monoisotopic (exact) mass is 714 g/mol. The number of phosphoric ester groups is 2. The van der Waals surface area contributed by atoms with Gasteiger partial charge in [0.05, 0.1) is 39.1 Å². The maximum absolute atomic E-state index is 13.5. The number of phosphoric acid groups is 2. The summed E-state index contributed by atoms with van der Waals surface area (Å²) in [5.41, 5.74) is 1.85. The molecule has 8 atom stereocenters. The first-order valence-electron chi connectivity index (χ1n) is 19.2. The average molecular weight is 715 g/mol. The highest BCUT2D eigenvalue weighted by molar-refractivity contribution is 7.48. The van der Waals surface area contributed by atoms with Gasteiger partial charge < -0.3 is 0 Å². The molecule has 0 aromatic rings. The molecule has 0 aromatic carbocycles. The van der Waals surface area contributed by atoms with Crippen molar-refractivity contribution in [3.05, 3.63) is 11.6 Å². The van der Waals surface area contributed by atoms with Crippen LogP contribution in [0.2, 0.25) is 0 Å². The molecule has 0 unspecified atom stereocenters. The van der Waals surface area contributed by atoms with E-state index in [-0.39, 0.29) is 38.6 Å². The molecule has 0 amide bonds. The number of fused-ring (bicyclic) bond motifs is 7. The molecule has 5 aliphatic carbocycles. The van der Waals surface area contributed by atoms with Gasteiger partial charge in [0.15, 0.2) is 0 Å². The Morgan fingerprint density at radius 2 is 1.21 bits per heavy atom. The topological polar surface area (TPSA) is 89.5 Å². The standard InChI is InChI=1S/C38H68O8P2/c1-12-41-47(39,42-13-2)45-27-38-24-22-33(5,6)26-29(38)28-16-17-31-35(9)20-19-32(46-48(40,43-14-3)44-15-4)34(7,8)30(35)18-21-37(31,11)36(28,10)23-25-38/h26,28,30-32H,12-25,27H2,1-11H3/t28-,30+,31-,32+,35+,36-,37-,38-/m1/s1. The fourth-order valence-electron chi connectivity index (χ4n) is 12.1. The Hall–Kier alpha value is -0.0400. The van der Waals surface area contributed by atoms with E-state index in [1.807, 2.05) is 27.7 Å². The van der Waals surface area contributed by atoms with Crippen LogP contribution in [0.5, 0.6) is 0 Å². The van der Waals surface area contributed by atoms with Crippen LogP contribution in [0.3, 0.4) is 0 Å². The summed E-state index contributed by atoms with van der Waals surface area (Å²) in [5, 5.41) is 0. The molecule has 0 N–H and O–H groups in total. The summed E-state index contributed by atoms with van der Waals surface area (Å²) in [5.74, 6) is 1.51. The Balaban J connectivity index is 1.44. The highest BCUT2D eigenvalue weighted by atomic mass is 31.2. The van der Waals surface area contributed by atoms with Gasteiger partial charge in [0.1, 0.15) is 0 Å². The second-order valence-electron chi connectivity index (χ2n) is 17.8. The molecule has 0 aromatic heterocycles. The summed E-state index contributed by atoms with van der Waals surface area (Å²) in [6.45, 7) is 26.2. The predicted octanol–water partition coefficient (Wildman–Crippen LogP) is 11.6. The zero-order chi connectivity index (χ0) is 35.4. The Morgan fingerprint density at radius 3 is 1.81 bits per heavy atom. The van der Waals surface area contributed by atoms with Gasteiger partial charge in [-0.2, -0.15) is 0 Å². The van der Waals surface area contributed by atoms with Crippen molar-refractivity contribution in [2.75, 3.05) is 33.0 Å². The molecule has 0 radical (unpaired) electrons. The highest BCUT2D eigenvalue weighted by Gasteiger charge is 2.69. The van der Waals surface area contributed by atoms with Crippen LogP contribution >= 0.6 is 15.6 Å². The Labute approximate surface area is 292 Å². The van der Waals surface area contributed by atoms with Crippen molar-refractivity contribution in [3.63, 3.8) is 0 Å². The van der Waals surface area contributed by atoms with E-state index in [2.05, 4.69) is 54.5 Å². The molecule has 0 saturated heterocycles. The highest BCUT2D eigenvalue weighted by Crippen LogP contribution is 2.77. The number of hydrogen-bond donors (Lipinski definition) is 0. The van der Waals surface area contributed by atoms with Gasteiger partial charge in [0.25, 0.3) is 0 Å². The minimum Gasteiger partial charge on any atom is -0.287 e. The molecule has 5 rings (SSSR count). The molecule has 0 aliphatic heterocycles. The molecule has 0 heterocycles. The van der Waals surface area contributed by atoms with E-state index >= 15 is 0 Å². The van der Waals surface area contributed by atoms with Crippen molar-refractivity contribution in [1.29, 1.82) is 0 Å². The third-order valence-corrected chi connectivity index (χ3v) is 17.9. The van der Waals surface area contributed by atoms with Gasteiger partial charge in [-0.15, -0.1) is 0 Å². The van der Waals surface area contributed by atoms with Gasteiger partial charge >= 0.3 is 15.6 Å². The summed E-state index contributed by atoms with van der Waals surface area (Å²) < 4.78 is 62.0. The van der Waals surface area contributed by atoms with Gasteiger partial charge in [-0.1, -0.05) is 60.1 Å². The maximum Gasteiger partial charge on any atom is 0.475 e. The van der Waals surface area contributed by atoms with E-state index in [4.69, 9.17) is 27.1 Å². The van der Waals surface area contributed by atoms with E-state index in [0.717, 1.165) is 44.9 Å². The van der Waals surface area contributed by atoms with E-state index in [1.54, 1.807) is 5.57 Å². The van der Waals surface area contributed by atoms with Crippen LogP contribution in [0, 0.1) is 50.2 Å². The van der Waals surface area contributed by atoms with Crippen molar-refractivity contribution in [3.8, 4) is 0 Å². The van der Waals surface area contributed by atoms with Crippen LogP contribution in [0.4, 0.5) is 0 Å². The third kappa shape index (κ3) is 6.56. The van der Waals surface area contributed by atoms with Gasteiger partial charge in [0, 0.05) is 5.41 Å². The lowest BCUT2D eigenvalue weighted by atomic mass is 9.32. The Kier molecular flexibility index (Phi) is 11.2. The van der Waals surface area contributed by atoms with Crippen LogP contribution in [0.25, 0.3) is 0 Å². The maximum atomic E-state index is 13.5. The van der Waals surface area contributed by atoms with Gasteiger partial charge in [-0.25, -0.2) is 9.13 Å². The fourth-order valence-corrected chi connectivity index (χ4v) is 14.9. The van der Waals surface area contributed by atoms with Crippen LogP contribution < -0.4 is 0 Å². The van der Waals surface area contributed by atoms with Crippen LogP contribution in [0.15, 0.2) is 11.6 Å². The molecule has 5 aliphatic rings. The van der Waals surface area contributed by atoms with Crippen molar-refractivity contribution < 1.29 is 36.3 Å². The summed E-state index contributed by atoms with van der Waals surface area (Å²) in [4.78, 5) is 0. The summed E-state index contributed by atoms with van der Waals surface area (Å²) in [6.07, 6.45) is 13.3. The SMILES string of the molecule is CCOP(=O)(OCC)OC[C@]12CCC(C)(C)C=C1[C@H]1CC[C@@H]3[C@@]4(C)CC[C@H](OP(=O)(OCC)OCC)C(C)(C)[C@@H]4CC[C@@]3(C)[C@]1(C)CC2. The molecule has 4 fully saturated rings. The van der Waals surface area contributed by atoms with Crippen LogP contribution in [-0.2, 0) is 36.3 Å². The van der Waals surface area contributed by atoms with E-state index in [1.165, 1.54) is 19.3 Å². The van der Waals surface area contributed by atoms with Crippen molar-refractivity contribution in [2.45, 2.75) is 146 Å². The third-order valence-electron chi connectivity index (χ3n) is 14.6. The number of rotatable bonds is 13. The molecule has 4 saturated carbocycles. The molecule has 10 heteroatoms. The first kappa shape index (κ1) is 39.2. The zero-order valence-corrected chi connectivity index (χ0v) is 33.9. The smallest absolute Gasteiger partial charge is 0.287 e. The van der Waals surface area contributed by atoms with Crippen molar-refractivity contribution >= 4 is 15.6 Å². The molecule has 278 valence electrons. The molecule has 8 nitrogen and oxygen atoms in total. The van der Waals surface area contributed by atoms with Gasteiger partial charge in [-0.3, -0.25) is 27.1 Å². The molecular weight excluding hydrogens is 646 g/mol. The second-order valence-corrected chi connectivity index (χ2v) is 21.1. The lowest BCUT2D eigenvalue weighted by Crippen LogP contribution is -2.66. The predicted molar refractivity (Wildman–Crippen MR) is 192 cm³/mol. The average Bonchev–Trinajstić information content (AvgIpc) is 2.99. The minimum absolute atomic E-state index is 0.118. The summed E-state index contributed by atoms with van der Waals surface area (Å²) in [6, 6.07) is 0. The molecule has 48 heavy (non-hydrogen) atoms.